The molecule has 0 saturated heterocycles. The Morgan fingerprint density at radius 1 is 1.32 bits per heavy atom. The van der Waals surface area contributed by atoms with Crippen LogP contribution in [0, 0.1) is 21.7 Å². The summed E-state index contributed by atoms with van der Waals surface area (Å²) >= 11 is 1.39. The second-order valence-electron chi connectivity index (χ2n) is 4.52. The predicted octanol–water partition coefficient (Wildman–Crippen LogP) is 3.76. The van der Waals surface area contributed by atoms with Crippen molar-refractivity contribution in [2.75, 3.05) is 5.75 Å². The Balaban J connectivity index is 2.33. The van der Waals surface area contributed by atoms with Crippen LogP contribution >= 0.6 is 11.8 Å². The quantitative estimate of drug-likeness (QED) is 0.350. The predicted molar refractivity (Wildman–Crippen MR) is 78.9 cm³/mol. The van der Waals surface area contributed by atoms with Gasteiger partial charge in [-0.1, -0.05) is 24.8 Å². The van der Waals surface area contributed by atoms with Crippen LogP contribution in [0.15, 0.2) is 29.6 Å². The van der Waals surface area contributed by atoms with Crippen LogP contribution in [0.4, 0.5) is 14.5 Å². The highest BCUT2D eigenvalue weighted by molar-refractivity contribution is 7.99. The monoisotopic (exact) mass is 325 g/mol. The molecule has 1 aromatic heterocycles. The van der Waals surface area contributed by atoms with E-state index >= 15 is 0 Å². The van der Waals surface area contributed by atoms with Gasteiger partial charge in [-0.2, -0.15) is 0 Å². The van der Waals surface area contributed by atoms with Crippen molar-refractivity contribution < 1.29 is 13.7 Å². The molecule has 0 aliphatic rings. The largest absolute Gasteiger partial charge is 0.309 e. The van der Waals surface area contributed by atoms with Crippen molar-refractivity contribution in [2.24, 2.45) is 0 Å². The number of hydrogen-bond donors (Lipinski definition) is 0. The first-order valence-corrected chi connectivity index (χ1v) is 7.57. The number of rotatable bonds is 6. The zero-order valence-electron chi connectivity index (χ0n) is 11.8. The molecule has 8 heteroatoms. The highest BCUT2D eigenvalue weighted by atomic mass is 32.2. The van der Waals surface area contributed by atoms with Gasteiger partial charge in [-0.05, 0) is 24.1 Å². The number of thioether (sulfide) groups is 1. The molecular formula is C14H13F2N3O2S. The van der Waals surface area contributed by atoms with Crippen LogP contribution < -0.4 is 0 Å². The minimum atomic E-state index is -0.991. The molecule has 0 unspecified atom stereocenters. The topological polar surface area (TPSA) is 68.9 Å². The molecule has 1 aromatic carbocycles. The van der Waals surface area contributed by atoms with Gasteiger partial charge in [-0.3, -0.25) is 10.1 Å². The van der Waals surface area contributed by atoms with E-state index in [9.17, 15) is 18.9 Å². The molecule has 0 bridgehead atoms. The van der Waals surface area contributed by atoms with Gasteiger partial charge in [0.1, 0.15) is 11.9 Å². The summed E-state index contributed by atoms with van der Waals surface area (Å²) in [7, 11) is 0. The normalized spacial score (nSPS) is 10.7. The summed E-state index contributed by atoms with van der Waals surface area (Å²) in [6.45, 7) is 2.00. The van der Waals surface area contributed by atoms with Crippen LogP contribution in [0.2, 0.25) is 0 Å². The molecule has 0 fully saturated rings. The van der Waals surface area contributed by atoms with E-state index in [1.54, 1.807) is 0 Å². The van der Waals surface area contributed by atoms with Gasteiger partial charge in [-0.25, -0.2) is 18.7 Å². The van der Waals surface area contributed by atoms with E-state index in [4.69, 9.17) is 0 Å². The van der Waals surface area contributed by atoms with Gasteiger partial charge in [0.05, 0.1) is 4.92 Å². The Labute approximate surface area is 129 Å². The van der Waals surface area contributed by atoms with Crippen LogP contribution in [-0.2, 0) is 6.42 Å². The van der Waals surface area contributed by atoms with Gasteiger partial charge >= 0.3 is 5.69 Å². The maximum absolute atomic E-state index is 13.2. The zero-order chi connectivity index (χ0) is 16.1. The molecule has 5 nitrogen and oxygen atoms in total. The lowest BCUT2D eigenvalue weighted by molar-refractivity contribution is -0.386. The molecular weight excluding hydrogens is 312 g/mol. The SMILES string of the molecule is CCCSc1ncc([N+](=O)[O-])c(Cc2ccc(F)c(F)c2)n1. The molecule has 0 saturated carbocycles. The summed E-state index contributed by atoms with van der Waals surface area (Å²) < 4.78 is 26.2. The van der Waals surface area contributed by atoms with Crippen LogP contribution in [0.25, 0.3) is 0 Å². The minimum absolute atomic E-state index is 0.0374. The average molecular weight is 325 g/mol. The van der Waals surface area contributed by atoms with Crippen molar-refractivity contribution >= 4 is 17.4 Å². The Morgan fingerprint density at radius 3 is 2.73 bits per heavy atom. The number of hydrogen-bond acceptors (Lipinski definition) is 5. The molecule has 0 N–H and O–H groups in total. The van der Waals surface area contributed by atoms with Crippen LogP contribution in [0.5, 0.6) is 0 Å². The standard InChI is InChI=1S/C14H13F2N3O2S/c1-2-5-22-14-17-8-13(19(20)21)12(18-14)7-9-3-4-10(15)11(16)6-9/h3-4,6,8H,2,5,7H2,1H3. The van der Waals surface area contributed by atoms with Crippen LogP contribution in [0.3, 0.4) is 0 Å². The zero-order valence-corrected chi connectivity index (χ0v) is 12.6. The fourth-order valence-electron chi connectivity index (χ4n) is 1.78. The molecule has 0 radical (unpaired) electrons. The molecule has 0 atom stereocenters. The molecule has 0 amide bonds. The maximum Gasteiger partial charge on any atom is 0.309 e. The lowest BCUT2D eigenvalue weighted by atomic mass is 10.1. The van der Waals surface area contributed by atoms with E-state index in [-0.39, 0.29) is 17.8 Å². The number of aromatic nitrogens is 2. The third kappa shape index (κ3) is 3.97. The van der Waals surface area contributed by atoms with Crippen molar-refractivity contribution in [3.8, 4) is 0 Å². The fraction of sp³-hybridized carbons (Fsp3) is 0.286. The first-order chi connectivity index (χ1) is 10.5. The maximum atomic E-state index is 13.2. The smallest absolute Gasteiger partial charge is 0.258 e. The number of benzene rings is 1. The van der Waals surface area contributed by atoms with E-state index in [1.165, 1.54) is 17.8 Å². The second kappa shape index (κ2) is 7.26. The Hall–Kier alpha value is -2.09. The molecule has 0 aliphatic carbocycles. The molecule has 22 heavy (non-hydrogen) atoms. The van der Waals surface area contributed by atoms with Gasteiger partial charge in [0.25, 0.3) is 0 Å². The molecule has 2 rings (SSSR count). The lowest BCUT2D eigenvalue weighted by Gasteiger charge is -2.05. The number of nitrogens with zero attached hydrogens (tertiary/aromatic N) is 3. The molecule has 0 spiro atoms. The molecule has 2 aromatic rings. The Kier molecular flexibility index (Phi) is 5.37. The van der Waals surface area contributed by atoms with E-state index < -0.39 is 16.6 Å². The highest BCUT2D eigenvalue weighted by Crippen LogP contribution is 2.23. The minimum Gasteiger partial charge on any atom is -0.258 e. The third-order valence-electron chi connectivity index (χ3n) is 2.81. The van der Waals surface area contributed by atoms with E-state index in [0.29, 0.717) is 10.7 Å². The summed E-state index contributed by atoms with van der Waals surface area (Å²) in [5.74, 6) is -1.16. The van der Waals surface area contributed by atoms with Crippen LogP contribution in [-0.4, -0.2) is 20.6 Å². The number of nitro groups is 1. The first kappa shape index (κ1) is 16.3. The van der Waals surface area contributed by atoms with E-state index in [2.05, 4.69) is 9.97 Å². The van der Waals surface area contributed by atoms with E-state index in [0.717, 1.165) is 30.5 Å². The summed E-state index contributed by atoms with van der Waals surface area (Å²) in [5.41, 5.74) is 0.363. The van der Waals surface area contributed by atoms with Crippen molar-refractivity contribution in [2.45, 2.75) is 24.9 Å². The summed E-state index contributed by atoms with van der Waals surface area (Å²) in [4.78, 5) is 18.6. The van der Waals surface area contributed by atoms with Crippen molar-refractivity contribution in [3.05, 3.63) is 57.4 Å². The van der Waals surface area contributed by atoms with Gasteiger partial charge in [0.15, 0.2) is 16.8 Å². The summed E-state index contributed by atoms with van der Waals surface area (Å²) in [6, 6.07) is 3.38. The van der Waals surface area contributed by atoms with Gasteiger partial charge in [0, 0.05) is 12.2 Å². The fourth-order valence-corrected chi connectivity index (χ4v) is 2.47. The third-order valence-corrected chi connectivity index (χ3v) is 3.88. The Morgan fingerprint density at radius 2 is 2.09 bits per heavy atom. The second-order valence-corrected chi connectivity index (χ2v) is 5.58. The molecule has 1 heterocycles. The summed E-state index contributed by atoms with van der Waals surface area (Å²) in [5, 5.41) is 11.5. The Bertz CT molecular complexity index is 698. The van der Waals surface area contributed by atoms with Gasteiger partial charge < -0.3 is 0 Å². The molecule has 116 valence electrons. The summed E-state index contributed by atoms with van der Waals surface area (Å²) in [6.07, 6.45) is 2.11. The first-order valence-electron chi connectivity index (χ1n) is 6.58. The van der Waals surface area contributed by atoms with Crippen molar-refractivity contribution in [1.82, 2.24) is 9.97 Å². The van der Waals surface area contributed by atoms with Crippen molar-refractivity contribution in [3.63, 3.8) is 0 Å². The van der Waals surface area contributed by atoms with Gasteiger partial charge in [0.2, 0.25) is 0 Å². The highest BCUT2D eigenvalue weighted by Gasteiger charge is 2.18. The number of halogens is 2. The van der Waals surface area contributed by atoms with E-state index in [1.807, 2.05) is 6.92 Å². The lowest BCUT2D eigenvalue weighted by Crippen LogP contribution is -2.03. The van der Waals surface area contributed by atoms with Crippen molar-refractivity contribution in [1.29, 1.82) is 0 Å². The molecule has 0 aliphatic heterocycles. The van der Waals surface area contributed by atoms with Gasteiger partial charge in [-0.15, -0.1) is 0 Å². The average Bonchev–Trinajstić information content (AvgIpc) is 2.49. The van der Waals surface area contributed by atoms with Crippen LogP contribution in [0.1, 0.15) is 24.6 Å².